The minimum absolute atomic E-state index is 0.570. The van der Waals surface area contributed by atoms with Gasteiger partial charge in [0.2, 0.25) is 11.8 Å². The third-order valence-corrected chi connectivity index (χ3v) is 3.04. The van der Waals surface area contributed by atoms with Gasteiger partial charge in [-0.3, -0.25) is 0 Å². The van der Waals surface area contributed by atoms with Gasteiger partial charge in [0.15, 0.2) is 0 Å². The van der Waals surface area contributed by atoms with Gasteiger partial charge in [0.05, 0.1) is 18.7 Å². The molecule has 0 aliphatic carbocycles. The van der Waals surface area contributed by atoms with Crippen LogP contribution in [0.4, 0.5) is 5.95 Å². The molecule has 0 spiro atoms. The van der Waals surface area contributed by atoms with Crippen LogP contribution in [0.1, 0.15) is 15.6 Å². The van der Waals surface area contributed by atoms with Crippen LogP contribution in [0, 0.1) is 13.8 Å². The van der Waals surface area contributed by atoms with E-state index in [4.69, 9.17) is 4.74 Å². The van der Waals surface area contributed by atoms with Crippen molar-refractivity contribution < 1.29 is 4.74 Å². The number of ether oxygens (including phenoxy) is 1. The molecule has 2 aromatic heterocycles. The van der Waals surface area contributed by atoms with Crippen LogP contribution in [0.25, 0.3) is 0 Å². The number of aryl methyl sites for hydroxylation is 2. The van der Waals surface area contributed by atoms with Crippen LogP contribution in [0.2, 0.25) is 0 Å². The molecule has 2 aromatic rings. The summed E-state index contributed by atoms with van der Waals surface area (Å²) in [6.07, 6.45) is 1.86. The number of hydrogen-bond acceptors (Lipinski definition) is 6. The Bertz CT molecular complexity index is 512. The molecule has 0 radical (unpaired) electrons. The Labute approximate surface area is 104 Å². The van der Waals surface area contributed by atoms with E-state index in [0.717, 1.165) is 15.6 Å². The minimum atomic E-state index is 0.570. The van der Waals surface area contributed by atoms with E-state index in [2.05, 4.69) is 20.3 Å². The van der Waals surface area contributed by atoms with Crippen molar-refractivity contribution in [3.05, 3.63) is 27.8 Å². The molecule has 17 heavy (non-hydrogen) atoms. The molecule has 2 heterocycles. The van der Waals surface area contributed by atoms with Gasteiger partial charge in [0, 0.05) is 22.8 Å². The highest BCUT2D eigenvalue weighted by Crippen LogP contribution is 2.15. The van der Waals surface area contributed by atoms with E-state index in [1.165, 1.54) is 0 Å². The summed E-state index contributed by atoms with van der Waals surface area (Å²) in [5.74, 6) is 1.15. The Morgan fingerprint density at radius 1 is 1.35 bits per heavy atom. The van der Waals surface area contributed by atoms with E-state index >= 15 is 0 Å². The second-order valence-corrected chi connectivity index (χ2v) is 4.89. The third kappa shape index (κ3) is 3.13. The largest absolute Gasteiger partial charge is 0.481 e. The Morgan fingerprint density at radius 2 is 2.18 bits per heavy atom. The van der Waals surface area contributed by atoms with Gasteiger partial charge in [-0.05, 0) is 13.8 Å². The normalized spacial score (nSPS) is 10.3. The lowest BCUT2D eigenvalue weighted by Gasteiger charge is -2.05. The number of thiazole rings is 1. The van der Waals surface area contributed by atoms with Crippen LogP contribution in [-0.2, 0) is 6.54 Å². The molecule has 0 saturated heterocycles. The van der Waals surface area contributed by atoms with Crippen LogP contribution >= 0.6 is 11.3 Å². The number of nitrogens with one attached hydrogen (secondary N) is 1. The first-order valence-electron chi connectivity index (χ1n) is 5.22. The molecule has 5 nitrogen and oxygen atoms in total. The van der Waals surface area contributed by atoms with E-state index in [9.17, 15) is 0 Å². The van der Waals surface area contributed by atoms with Gasteiger partial charge < -0.3 is 10.1 Å². The molecule has 0 bridgehead atoms. The molecular weight excluding hydrogens is 236 g/mol. The predicted octanol–water partition coefficient (Wildman–Crippen LogP) is 2.17. The van der Waals surface area contributed by atoms with Crippen molar-refractivity contribution in [1.29, 1.82) is 0 Å². The lowest BCUT2D eigenvalue weighted by Crippen LogP contribution is -2.04. The summed E-state index contributed by atoms with van der Waals surface area (Å²) in [6, 6.07) is 1.79. The van der Waals surface area contributed by atoms with Gasteiger partial charge in [-0.25, -0.2) is 9.97 Å². The Kier molecular flexibility index (Phi) is 3.53. The number of rotatable bonds is 4. The zero-order valence-corrected chi connectivity index (χ0v) is 10.8. The monoisotopic (exact) mass is 250 g/mol. The van der Waals surface area contributed by atoms with Crippen molar-refractivity contribution in [2.24, 2.45) is 0 Å². The quantitative estimate of drug-likeness (QED) is 0.901. The SMILES string of the molecule is COc1cc(C)nc(NCc2cnc(C)s2)n1. The van der Waals surface area contributed by atoms with Gasteiger partial charge in [-0.15, -0.1) is 11.3 Å². The first-order valence-corrected chi connectivity index (χ1v) is 6.04. The van der Waals surface area contributed by atoms with Gasteiger partial charge >= 0.3 is 0 Å². The van der Waals surface area contributed by atoms with Crippen molar-refractivity contribution in [2.75, 3.05) is 12.4 Å². The standard InChI is InChI=1S/C11H14N4OS/c1-7-4-10(16-3)15-11(14-7)13-6-9-5-12-8(2)17-9/h4-5H,6H2,1-3H3,(H,13,14,15). The molecule has 0 amide bonds. The summed E-state index contributed by atoms with van der Waals surface area (Å²) in [6.45, 7) is 4.57. The summed E-state index contributed by atoms with van der Waals surface area (Å²) >= 11 is 1.66. The van der Waals surface area contributed by atoms with Crippen LogP contribution in [-0.4, -0.2) is 22.1 Å². The number of aromatic nitrogens is 3. The minimum Gasteiger partial charge on any atom is -0.481 e. The Balaban J connectivity index is 2.05. The molecule has 0 atom stereocenters. The zero-order chi connectivity index (χ0) is 12.3. The van der Waals surface area contributed by atoms with Crippen LogP contribution in [0.5, 0.6) is 5.88 Å². The first kappa shape index (κ1) is 11.8. The van der Waals surface area contributed by atoms with Gasteiger partial charge in [0.25, 0.3) is 0 Å². The third-order valence-electron chi connectivity index (χ3n) is 2.13. The molecule has 0 unspecified atom stereocenters. The Hall–Kier alpha value is -1.69. The van der Waals surface area contributed by atoms with Gasteiger partial charge in [-0.2, -0.15) is 4.98 Å². The first-order chi connectivity index (χ1) is 8.17. The van der Waals surface area contributed by atoms with Crippen LogP contribution in [0.3, 0.4) is 0 Å². The summed E-state index contributed by atoms with van der Waals surface area (Å²) in [4.78, 5) is 13.9. The highest BCUT2D eigenvalue weighted by molar-refractivity contribution is 7.11. The maximum absolute atomic E-state index is 5.09. The fraction of sp³-hybridized carbons (Fsp3) is 0.364. The van der Waals surface area contributed by atoms with Crippen LogP contribution in [0.15, 0.2) is 12.3 Å². The lowest BCUT2D eigenvalue weighted by molar-refractivity contribution is 0.397. The predicted molar refractivity (Wildman–Crippen MR) is 67.5 cm³/mol. The van der Waals surface area contributed by atoms with Crippen molar-refractivity contribution in [1.82, 2.24) is 15.0 Å². The molecule has 1 N–H and O–H groups in total. The highest BCUT2D eigenvalue weighted by Gasteiger charge is 2.03. The molecule has 0 fully saturated rings. The van der Waals surface area contributed by atoms with E-state index in [-0.39, 0.29) is 0 Å². The summed E-state index contributed by atoms with van der Waals surface area (Å²) < 4.78 is 5.09. The van der Waals surface area contributed by atoms with E-state index in [0.29, 0.717) is 18.4 Å². The average molecular weight is 250 g/mol. The summed E-state index contributed by atoms with van der Waals surface area (Å²) in [5.41, 5.74) is 0.875. The van der Waals surface area contributed by atoms with E-state index in [1.807, 2.05) is 20.0 Å². The average Bonchev–Trinajstić information content (AvgIpc) is 2.72. The maximum atomic E-state index is 5.09. The molecule has 0 aliphatic rings. The molecule has 2 rings (SSSR count). The molecular formula is C11H14N4OS. The molecule has 0 aromatic carbocycles. The molecule has 6 heteroatoms. The lowest BCUT2D eigenvalue weighted by atomic mass is 10.4. The van der Waals surface area contributed by atoms with Crippen molar-refractivity contribution in [2.45, 2.75) is 20.4 Å². The number of anilines is 1. The fourth-order valence-corrected chi connectivity index (χ4v) is 2.11. The topological polar surface area (TPSA) is 59.9 Å². The number of hydrogen-bond donors (Lipinski definition) is 1. The summed E-state index contributed by atoms with van der Waals surface area (Å²) in [7, 11) is 1.60. The molecule has 90 valence electrons. The van der Waals surface area contributed by atoms with E-state index < -0.39 is 0 Å². The fourth-order valence-electron chi connectivity index (χ4n) is 1.38. The van der Waals surface area contributed by atoms with Crippen molar-refractivity contribution in [3.8, 4) is 5.88 Å². The van der Waals surface area contributed by atoms with Crippen molar-refractivity contribution in [3.63, 3.8) is 0 Å². The second kappa shape index (κ2) is 5.09. The Morgan fingerprint density at radius 3 is 2.82 bits per heavy atom. The smallest absolute Gasteiger partial charge is 0.226 e. The van der Waals surface area contributed by atoms with E-state index in [1.54, 1.807) is 24.5 Å². The van der Waals surface area contributed by atoms with Gasteiger partial charge in [-0.1, -0.05) is 0 Å². The van der Waals surface area contributed by atoms with Crippen LogP contribution < -0.4 is 10.1 Å². The number of nitrogens with zero attached hydrogens (tertiary/aromatic N) is 3. The maximum Gasteiger partial charge on any atom is 0.226 e. The second-order valence-electron chi connectivity index (χ2n) is 3.57. The number of methoxy groups -OCH3 is 1. The molecule has 0 saturated carbocycles. The summed E-state index contributed by atoms with van der Waals surface area (Å²) in [5, 5.41) is 4.22. The zero-order valence-electron chi connectivity index (χ0n) is 10.0. The van der Waals surface area contributed by atoms with Gasteiger partial charge in [0.1, 0.15) is 0 Å². The van der Waals surface area contributed by atoms with Crippen molar-refractivity contribution >= 4 is 17.3 Å². The molecule has 0 aliphatic heterocycles. The highest BCUT2D eigenvalue weighted by atomic mass is 32.1.